The second kappa shape index (κ2) is 4.76. The van der Waals surface area contributed by atoms with Gasteiger partial charge in [-0.2, -0.15) is 5.26 Å². The third kappa shape index (κ3) is 2.08. The van der Waals surface area contributed by atoms with Crippen LogP contribution in [0.15, 0.2) is 12.1 Å². The smallest absolute Gasteiger partial charge is 0.182 e. The van der Waals surface area contributed by atoms with Crippen LogP contribution < -0.4 is 4.74 Å². The van der Waals surface area contributed by atoms with E-state index in [-0.39, 0.29) is 22.8 Å². The molecule has 0 bridgehead atoms. The predicted octanol–water partition coefficient (Wildman–Crippen LogP) is 2.13. The van der Waals surface area contributed by atoms with Gasteiger partial charge in [0.25, 0.3) is 0 Å². The van der Waals surface area contributed by atoms with Crippen molar-refractivity contribution in [1.29, 1.82) is 5.26 Å². The summed E-state index contributed by atoms with van der Waals surface area (Å²) in [6.07, 6.45) is 0. The van der Waals surface area contributed by atoms with Gasteiger partial charge in [0.05, 0.1) is 30.2 Å². The molecule has 0 saturated carbocycles. The lowest BCUT2D eigenvalue weighted by Gasteiger charge is -2.06. The molecule has 0 fully saturated rings. The molecule has 0 aromatic heterocycles. The van der Waals surface area contributed by atoms with E-state index in [4.69, 9.17) is 21.6 Å². The largest absolute Gasteiger partial charge is 0.494 e. The van der Waals surface area contributed by atoms with Crippen molar-refractivity contribution in [1.82, 2.24) is 0 Å². The summed E-state index contributed by atoms with van der Waals surface area (Å²) in [4.78, 5) is 11.3. The summed E-state index contributed by atoms with van der Waals surface area (Å²) >= 11 is 5.32. The molecule has 3 nitrogen and oxygen atoms in total. The molecule has 0 aliphatic carbocycles. The van der Waals surface area contributed by atoms with Crippen molar-refractivity contribution in [2.75, 3.05) is 13.0 Å². The normalized spacial score (nSPS) is 9.47. The van der Waals surface area contributed by atoms with Gasteiger partial charge in [-0.15, -0.1) is 11.6 Å². The Kier molecular flexibility index (Phi) is 3.64. The van der Waals surface area contributed by atoms with Crippen molar-refractivity contribution in [3.8, 4) is 11.8 Å². The molecule has 15 heavy (non-hydrogen) atoms. The first kappa shape index (κ1) is 11.5. The Bertz CT molecular complexity index is 440. The van der Waals surface area contributed by atoms with Gasteiger partial charge >= 0.3 is 0 Å². The molecule has 0 N–H and O–H groups in total. The zero-order chi connectivity index (χ0) is 11.4. The first-order chi connectivity index (χ1) is 7.15. The average Bonchev–Trinajstić information content (AvgIpc) is 2.27. The van der Waals surface area contributed by atoms with Gasteiger partial charge < -0.3 is 4.74 Å². The molecule has 1 aromatic rings. The maximum absolute atomic E-state index is 13.6. The second-order valence-electron chi connectivity index (χ2n) is 2.67. The summed E-state index contributed by atoms with van der Waals surface area (Å²) in [7, 11) is 1.28. The first-order valence-electron chi connectivity index (χ1n) is 4.01. The number of carbonyl (C=O) groups is 1. The molecule has 0 aliphatic heterocycles. The molecule has 0 spiro atoms. The molecular weight excluding hydrogens is 221 g/mol. The first-order valence-corrected chi connectivity index (χ1v) is 4.55. The standard InChI is InChI=1S/C10H7ClFNO2/c1-15-8-3-2-6(5-13)9(10(8)12)7(14)4-11/h2-3H,4H2,1H3. The summed E-state index contributed by atoms with van der Waals surface area (Å²) in [5.41, 5.74) is -0.356. The van der Waals surface area contributed by atoms with Crippen LogP contribution in [0.5, 0.6) is 5.75 Å². The summed E-state index contributed by atoms with van der Waals surface area (Å²) in [6, 6.07) is 4.34. The summed E-state index contributed by atoms with van der Waals surface area (Å²) in [5, 5.41) is 8.70. The van der Waals surface area contributed by atoms with Crippen molar-refractivity contribution in [2.45, 2.75) is 0 Å². The molecule has 5 heteroatoms. The fourth-order valence-corrected chi connectivity index (χ4v) is 1.28. The van der Waals surface area contributed by atoms with Crippen molar-refractivity contribution in [3.63, 3.8) is 0 Å². The van der Waals surface area contributed by atoms with Gasteiger partial charge in [-0.25, -0.2) is 4.39 Å². The SMILES string of the molecule is COc1ccc(C#N)c(C(=O)CCl)c1F. The average molecular weight is 228 g/mol. The van der Waals surface area contributed by atoms with Crippen molar-refractivity contribution in [2.24, 2.45) is 0 Å². The molecule has 0 aliphatic rings. The number of rotatable bonds is 3. The lowest BCUT2D eigenvalue weighted by molar-refractivity contribution is 0.101. The number of nitrogens with zero attached hydrogens (tertiary/aromatic N) is 1. The lowest BCUT2D eigenvalue weighted by atomic mass is 10.0. The number of ether oxygens (including phenoxy) is 1. The highest BCUT2D eigenvalue weighted by atomic mass is 35.5. The van der Waals surface area contributed by atoms with Crippen LogP contribution in [-0.4, -0.2) is 18.8 Å². The monoisotopic (exact) mass is 227 g/mol. The fourth-order valence-electron chi connectivity index (χ4n) is 1.15. The number of hydrogen-bond acceptors (Lipinski definition) is 3. The third-order valence-electron chi connectivity index (χ3n) is 1.85. The van der Waals surface area contributed by atoms with Crippen LogP contribution in [0, 0.1) is 17.1 Å². The van der Waals surface area contributed by atoms with E-state index in [9.17, 15) is 9.18 Å². The highest BCUT2D eigenvalue weighted by Gasteiger charge is 2.19. The Morgan fingerprint density at radius 2 is 2.33 bits per heavy atom. The molecule has 0 saturated heterocycles. The van der Waals surface area contributed by atoms with Gasteiger partial charge in [-0.1, -0.05) is 0 Å². The predicted molar refractivity (Wildman–Crippen MR) is 52.7 cm³/mol. The van der Waals surface area contributed by atoms with Crippen LogP contribution in [0.25, 0.3) is 0 Å². The lowest BCUT2D eigenvalue weighted by Crippen LogP contribution is -2.08. The second-order valence-corrected chi connectivity index (χ2v) is 2.94. The van der Waals surface area contributed by atoms with E-state index in [1.807, 2.05) is 0 Å². The van der Waals surface area contributed by atoms with Crippen LogP contribution in [0.2, 0.25) is 0 Å². The molecule has 0 unspecified atom stereocenters. The maximum Gasteiger partial charge on any atom is 0.182 e. The number of ketones is 1. The zero-order valence-electron chi connectivity index (χ0n) is 7.88. The Hall–Kier alpha value is -1.60. The number of methoxy groups -OCH3 is 1. The van der Waals surface area contributed by atoms with Crippen molar-refractivity contribution < 1.29 is 13.9 Å². The highest BCUT2D eigenvalue weighted by molar-refractivity contribution is 6.30. The number of carbonyl (C=O) groups excluding carboxylic acids is 1. The number of Topliss-reactive ketones (excluding diaryl/α,β-unsaturated/α-hetero) is 1. The van der Waals surface area contributed by atoms with Crippen molar-refractivity contribution >= 4 is 17.4 Å². The number of alkyl halides is 1. The van der Waals surface area contributed by atoms with E-state index in [1.165, 1.54) is 19.2 Å². The van der Waals surface area contributed by atoms with Crippen molar-refractivity contribution in [3.05, 3.63) is 29.1 Å². The molecule has 1 rings (SSSR count). The minimum atomic E-state index is -0.845. The van der Waals surface area contributed by atoms with Gasteiger partial charge in [0, 0.05) is 0 Å². The minimum absolute atomic E-state index is 0.0426. The number of nitriles is 1. The maximum atomic E-state index is 13.6. The number of hydrogen-bond donors (Lipinski definition) is 0. The quantitative estimate of drug-likeness (QED) is 0.587. The van der Waals surface area contributed by atoms with E-state index in [2.05, 4.69) is 0 Å². The Morgan fingerprint density at radius 1 is 1.67 bits per heavy atom. The number of halogens is 2. The van der Waals surface area contributed by atoms with E-state index >= 15 is 0 Å². The molecule has 0 heterocycles. The van der Waals surface area contributed by atoms with Crippen LogP contribution in [-0.2, 0) is 0 Å². The highest BCUT2D eigenvalue weighted by Crippen LogP contribution is 2.24. The fraction of sp³-hybridized carbons (Fsp3) is 0.200. The van der Waals surface area contributed by atoms with Gasteiger partial charge in [0.15, 0.2) is 17.3 Å². The molecule has 1 aromatic carbocycles. The minimum Gasteiger partial charge on any atom is -0.494 e. The van der Waals surface area contributed by atoms with Crippen LogP contribution in [0.4, 0.5) is 4.39 Å². The molecule has 78 valence electrons. The molecule has 0 atom stereocenters. The van der Waals surface area contributed by atoms with Gasteiger partial charge in [0.2, 0.25) is 0 Å². The third-order valence-corrected chi connectivity index (χ3v) is 2.09. The van der Waals surface area contributed by atoms with Crippen LogP contribution >= 0.6 is 11.6 Å². The van der Waals surface area contributed by atoms with E-state index < -0.39 is 11.6 Å². The van der Waals surface area contributed by atoms with Gasteiger partial charge in [0.1, 0.15) is 0 Å². The molecule has 0 radical (unpaired) electrons. The van der Waals surface area contributed by atoms with E-state index in [0.717, 1.165) is 0 Å². The topological polar surface area (TPSA) is 50.1 Å². The van der Waals surface area contributed by atoms with Crippen LogP contribution in [0.3, 0.4) is 0 Å². The van der Waals surface area contributed by atoms with E-state index in [1.54, 1.807) is 6.07 Å². The van der Waals surface area contributed by atoms with Gasteiger partial charge in [-0.05, 0) is 12.1 Å². The zero-order valence-corrected chi connectivity index (χ0v) is 8.64. The molecule has 0 amide bonds. The van der Waals surface area contributed by atoms with E-state index in [0.29, 0.717) is 0 Å². The summed E-state index contributed by atoms with van der Waals surface area (Å²) in [5.74, 6) is -1.94. The summed E-state index contributed by atoms with van der Waals surface area (Å²) in [6.45, 7) is 0. The Morgan fingerprint density at radius 3 is 2.80 bits per heavy atom. The van der Waals surface area contributed by atoms with Gasteiger partial charge in [-0.3, -0.25) is 4.79 Å². The number of benzene rings is 1. The summed E-state index contributed by atoms with van der Waals surface area (Å²) < 4.78 is 18.3. The molecular formula is C10H7ClFNO2. The van der Waals surface area contributed by atoms with Crippen LogP contribution in [0.1, 0.15) is 15.9 Å². The Balaban J connectivity index is 3.44. The Labute approximate surface area is 91.0 Å².